The summed E-state index contributed by atoms with van der Waals surface area (Å²) in [6.07, 6.45) is -2.03. The molecule has 2 aromatic rings. The highest BCUT2D eigenvalue weighted by atomic mass is 32.2. The number of nitrogens with zero attached hydrogens (tertiary/aromatic N) is 3. The van der Waals surface area contributed by atoms with Crippen molar-refractivity contribution < 1.29 is 39.8 Å². The molecular weight excluding hydrogens is 437 g/mol. The first-order valence-electron chi connectivity index (χ1n) is 8.66. The minimum Gasteiger partial charge on any atom is -0.492 e. The molecule has 166 valence electrons. The minimum atomic E-state index is -5.77. The van der Waals surface area contributed by atoms with Crippen molar-refractivity contribution in [2.75, 3.05) is 19.0 Å². The van der Waals surface area contributed by atoms with Crippen molar-refractivity contribution in [1.82, 2.24) is 15.0 Å². The van der Waals surface area contributed by atoms with Crippen LogP contribution in [0.4, 0.5) is 22.0 Å². The molecule has 0 N–H and O–H groups in total. The molecule has 0 atom stereocenters. The number of hydrogen-bond donors (Lipinski definition) is 0. The number of ether oxygens (including phenoxy) is 2. The molecular formula is C17H18F5N3O4S. The fraction of sp³-hybridized carbons (Fsp3) is 0.471. The number of aromatic nitrogens is 3. The Morgan fingerprint density at radius 3 is 2.20 bits per heavy atom. The maximum atomic E-state index is 12.9. The van der Waals surface area contributed by atoms with Crippen LogP contribution in [0.25, 0.3) is 11.4 Å². The molecule has 7 nitrogen and oxygen atoms in total. The molecule has 0 aliphatic heterocycles. The highest BCUT2D eigenvalue weighted by molar-refractivity contribution is 7.91. The van der Waals surface area contributed by atoms with Crippen LogP contribution in [-0.4, -0.2) is 54.4 Å². The normalized spacial score (nSPS) is 12.6. The maximum Gasteiger partial charge on any atom is 0.456 e. The molecule has 13 heteroatoms. The van der Waals surface area contributed by atoms with Crippen LogP contribution in [0.15, 0.2) is 29.6 Å². The Morgan fingerprint density at radius 1 is 0.967 bits per heavy atom. The average molecular weight is 455 g/mol. The van der Waals surface area contributed by atoms with E-state index < -0.39 is 34.4 Å². The number of rotatable bonds is 9. The van der Waals surface area contributed by atoms with Gasteiger partial charge in [-0.3, -0.25) is 0 Å². The summed E-state index contributed by atoms with van der Waals surface area (Å²) in [5.41, 5.74) is -0.112. The summed E-state index contributed by atoms with van der Waals surface area (Å²) in [5, 5.41) is 0. The fourth-order valence-electron chi connectivity index (χ4n) is 2.07. The Labute approximate surface area is 169 Å². The smallest absolute Gasteiger partial charge is 0.456 e. The molecule has 0 fully saturated rings. The summed E-state index contributed by atoms with van der Waals surface area (Å²) in [7, 11) is -3.75. The highest BCUT2D eigenvalue weighted by Gasteiger charge is 2.58. The molecule has 0 bridgehead atoms. The van der Waals surface area contributed by atoms with Gasteiger partial charge in [0.25, 0.3) is 0 Å². The minimum absolute atomic E-state index is 0.0426. The molecule has 0 saturated carbocycles. The van der Waals surface area contributed by atoms with Gasteiger partial charge >= 0.3 is 12.1 Å². The standard InChI is InChI=1S/C17H18F5N3O4S/c1-3-5-28-11-6-13(30(26,27)4-2)15(25-7-11)12-8-24-14(9-23-12)29-10-16(18,19)17(20,21)22/h6-9H,3-5,10H2,1-2H3. The number of hydrogen-bond acceptors (Lipinski definition) is 7. The maximum absolute atomic E-state index is 12.9. The number of halogens is 5. The third-order valence-electron chi connectivity index (χ3n) is 3.70. The highest BCUT2D eigenvalue weighted by Crippen LogP contribution is 2.35. The largest absolute Gasteiger partial charge is 0.492 e. The predicted molar refractivity (Wildman–Crippen MR) is 95.3 cm³/mol. The van der Waals surface area contributed by atoms with E-state index in [0.29, 0.717) is 13.0 Å². The Morgan fingerprint density at radius 2 is 1.67 bits per heavy atom. The van der Waals surface area contributed by atoms with Gasteiger partial charge in [0.05, 0.1) is 35.8 Å². The van der Waals surface area contributed by atoms with Crippen molar-refractivity contribution in [2.45, 2.75) is 37.3 Å². The van der Waals surface area contributed by atoms with Gasteiger partial charge in [-0.15, -0.1) is 0 Å². The fourth-order valence-corrected chi connectivity index (χ4v) is 3.13. The predicted octanol–water partition coefficient (Wildman–Crippen LogP) is 3.70. The quantitative estimate of drug-likeness (QED) is 0.533. The Hall–Kier alpha value is -2.57. The lowest BCUT2D eigenvalue weighted by Gasteiger charge is -2.19. The molecule has 2 rings (SSSR count). The van der Waals surface area contributed by atoms with Crippen LogP contribution < -0.4 is 9.47 Å². The Balaban J connectivity index is 2.31. The van der Waals surface area contributed by atoms with Gasteiger partial charge in [0.15, 0.2) is 16.4 Å². The van der Waals surface area contributed by atoms with Gasteiger partial charge in [-0.25, -0.2) is 23.4 Å². The summed E-state index contributed by atoms with van der Waals surface area (Å²) in [5.74, 6) is -5.66. The zero-order valence-electron chi connectivity index (χ0n) is 15.9. The molecule has 0 aliphatic carbocycles. The number of pyridine rings is 1. The lowest BCUT2D eigenvalue weighted by molar-refractivity contribution is -0.290. The summed E-state index contributed by atoms with van der Waals surface area (Å²) in [6.45, 7) is 1.68. The van der Waals surface area contributed by atoms with E-state index in [1.54, 1.807) is 0 Å². The van der Waals surface area contributed by atoms with Crippen LogP contribution in [0.1, 0.15) is 20.3 Å². The van der Waals surface area contributed by atoms with E-state index in [-0.39, 0.29) is 27.8 Å². The third-order valence-corrected chi connectivity index (χ3v) is 5.44. The van der Waals surface area contributed by atoms with Crippen molar-refractivity contribution in [3.05, 3.63) is 24.7 Å². The van der Waals surface area contributed by atoms with Gasteiger partial charge < -0.3 is 9.47 Å². The van der Waals surface area contributed by atoms with Crippen LogP contribution in [0.3, 0.4) is 0 Å². The van der Waals surface area contributed by atoms with Gasteiger partial charge in [0, 0.05) is 6.07 Å². The van der Waals surface area contributed by atoms with Crippen molar-refractivity contribution in [2.24, 2.45) is 0 Å². The summed E-state index contributed by atoms with van der Waals surface area (Å²) >= 11 is 0. The monoisotopic (exact) mass is 455 g/mol. The first-order valence-corrected chi connectivity index (χ1v) is 10.3. The molecule has 0 unspecified atom stereocenters. The second-order valence-electron chi connectivity index (χ2n) is 6.00. The second-order valence-corrected chi connectivity index (χ2v) is 8.25. The van der Waals surface area contributed by atoms with Crippen molar-refractivity contribution in [1.29, 1.82) is 0 Å². The average Bonchev–Trinajstić information content (AvgIpc) is 2.70. The van der Waals surface area contributed by atoms with Gasteiger partial charge in [-0.1, -0.05) is 13.8 Å². The van der Waals surface area contributed by atoms with Crippen LogP contribution in [-0.2, 0) is 9.84 Å². The first-order chi connectivity index (χ1) is 13.9. The van der Waals surface area contributed by atoms with Gasteiger partial charge in [-0.2, -0.15) is 22.0 Å². The Kier molecular flexibility index (Phi) is 7.16. The Bertz CT molecular complexity index is 966. The van der Waals surface area contributed by atoms with E-state index in [4.69, 9.17) is 4.74 Å². The SMILES string of the molecule is CCCOc1cnc(-c2cnc(OCC(F)(F)C(F)(F)F)cn2)c(S(=O)(=O)CC)c1. The zero-order valence-corrected chi connectivity index (χ0v) is 16.7. The molecule has 0 spiro atoms. The molecule has 0 aliphatic rings. The van der Waals surface area contributed by atoms with Gasteiger partial charge in [0.2, 0.25) is 5.88 Å². The summed E-state index contributed by atoms with van der Waals surface area (Å²) in [4.78, 5) is 11.3. The van der Waals surface area contributed by atoms with Crippen LogP contribution in [0.2, 0.25) is 0 Å². The van der Waals surface area contributed by atoms with E-state index in [9.17, 15) is 30.4 Å². The molecule has 0 amide bonds. The van der Waals surface area contributed by atoms with E-state index in [2.05, 4.69) is 19.7 Å². The van der Waals surface area contributed by atoms with E-state index in [1.165, 1.54) is 19.2 Å². The van der Waals surface area contributed by atoms with E-state index in [0.717, 1.165) is 12.4 Å². The lowest BCUT2D eigenvalue weighted by atomic mass is 10.3. The molecule has 0 radical (unpaired) electrons. The molecule has 30 heavy (non-hydrogen) atoms. The van der Waals surface area contributed by atoms with Crippen LogP contribution in [0, 0.1) is 0 Å². The summed E-state index contributed by atoms with van der Waals surface area (Å²) < 4.78 is 97.0. The number of alkyl halides is 5. The first kappa shape index (κ1) is 23.7. The van der Waals surface area contributed by atoms with Gasteiger partial charge in [-0.05, 0) is 6.42 Å². The van der Waals surface area contributed by atoms with Crippen LogP contribution >= 0.6 is 0 Å². The van der Waals surface area contributed by atoms with Crippen molar-refractivity contribution in [3.63, 3.8) is 0 Å². The lowest BCUT2D eigenvalue weighted by Crippen LogP contribution is -2.41. The second kappa shape index (κ2) is 9.06. The topological polar surface area (TPSA) is 91.3 Å². The molecule has 0 aromatic carbocycles. The number of sulfone groups is 1. The van der Waals surface area contributed by atoms with E-state index in [1.807, 2.05) is 6.92 Å². The molecule has 2 heterocycles. The molecule has 0 saturated heterocycles. The zero-order chi connectivity index (χ0) is 22.6. The van der Waals surface area contributed by atoms with E-state index >= 15 is 0 Å². The van der Waals surface area contributed by atoms with Crippen molar-refractivity contribution in [3.8, 4) is 23.0 Å². The van der Waals surface area contributed by atoms with Gasteiger partial charge in [0.1, 0.15) is 17.1 Å². The van der Waals surface area contributed by atoms with Crippen LogP contribution in [0.5, 0.6) is 11.6 Å². The molecule has 2 aromatic heterocycles. The third kappa shape index (κ3) is 5.52. The van der Waals surface area contributed by atoms with Crippen molar-refractivity contribution >= 4 is 9.84 Å². The summed E-state index contributed by atoms with van der Waals surface area (Å²) in [6, 6.07) is 1.28.